The first-order valence-electron chi connectivity index (χ1n) is 5.52. The molecule has 0 unspecified atom stereocenters. The largest absolute Gasteiger partial charge is 0.338 e. The highest BCUT2D eigenvalue weighted by atomic mass is 32.2. The minimum Gasteiger partial charge on any atom is -0.338 e. The molecular formula is C11H12N4O4S. The first-order chi connectivity index (χ1) is 9.45. The molecule has 0 bridgehead atoms. The topological polar surface area (TPSA) is 127 Å². The fraction of sp³-hybridized carbons (Fsp3) is 0.0909. The summed E-state index contributed by atoms with van der Waals surface area (Å²) in [7, 11) is -3.70. The van der Waals surface area contributed by atoms with E-state index in [4.69, 9.17) is 9.66 Å². The van der Waals surface area contributed by atoms with Gasteiger partial charge >= 0.3 is 6.03 Å². The number of urea groups is 1. The van der Waals surface area contributed by atoms with Gasteiger partial charge in [0.25, 0.3) is 0 Å². The number of carbonyl (C=O) groups excluding carboxylic acids is 1. The minimum absolute atomic E-state index is 0.0207. The maximum atomic E-state index is 11.5. The number of sulfonamides is 1. The average molecular weight is 296 g/mol. The van der Waals surface area contributed by atoms with Gasteiger partial charge in [0.2, 0.25) is 15.9 Å². The quantitative estimate of drug-likeness (QED) is 0.763. The van der Waals surface area contributed by atoms with Crippen molar-refractivity contribution in [3.63, 3.8) is 0 Å². The summed E-state index contributed by atoms with van der Waals surface area (Å²) < 4.78 is 26.8. The number of anilines is 1. The van der Waals surface area contributed by atoms with Crippen molar-refractivity contribution in [1.29, 1.82) is 0 Å². The summed E-state index contributed by atoms with van der Waals surface area (Å²) in [6, 6.07) is 6.92. The molecule has 2 aromatic rings. The monoisotopic (exact) mass is 296 g/mol. The summed E-state index contributed by atoms with van der Waals surface area (Å²) in [6.07, 6.45) is 1.40. The molecule has 8 nitrogen and oxygen atoms in total. The third-order valence-corrected chi connectivity index (χ3v) is 3.31. The Morgan fingerprint density at radius 1 is 1.25 bits per heavy atom. The van der Waals surface area contributed by atoms with Crippen LogP contribution in [-0.4, -0.2) is 19.6 Å². The zero-order valence-electron chi connectivity index (χ0n) is 10.2. The van der Waals surface area contributed by atoms with Gasteiger partial charge in [0, 0.05) is 12.6 Å². The van der Waals surface area contributed by atoms with Crippen molar-refractivity contribution < 1.29 is 17.7 Å². The maximum Gasteiger partial charge on any atom is 0.321 e. The molecule has 2 rings (SSSR count). The second kappa shape index (κ2) is 5.72. The van der Waals surface area contributed by atoms with Crippen LogP contribution in [0, 0.1) is 0 Å². The molecule has 0 radical (unpaired) electrons. The second-order valence-electron chi connectivity index (χ2n) is 3.87. The molecule has 0 aliphatic carbocycles. The van der Waals surface area contributed by atoms with Gasteiger partial charge < -0.3 is 9.84 Å². The highest BCUT2D eigenvalue weighted by Gasteiger charge is 2.07. The Balaban J connectivity index is 1.89. The zero-order valence-corrected chi connectivity index (χ0v) is 11.1. The molecule has 20 heavy (non-hydrogen) atoms. The van der Waals surface area contributed by atoms with Crippen molar-refractivity contribution >= 4 is 21.9 Å². The van der Waals surface area contributed by atoms with E-state index < -0.39 is 16.1 Å². The molecule has 0 saturated heterocycles. The number of hydrogen-bond acceptors (Lipinski definition) is 5. The van der Waals surface area contributed by atoms with Crippen LogP contribution in [-0.2, 0) is 16.6 Å². The molecule has 9 heteroatoms. The first-order valence-corrected chi connectivity index (χ1v) is 7.07. The van der Waals surface area contributed by atoms with Crippen molar-refractivity contribution in [3.05, 3.63) is 42.1 Å². The molecule has 1 heterocycles. The van der Waals surface area contributed by atoms with Crippen LogP contribution in [0.5, 0.6) is 0 Å². The molecule has 0 spiro atoms. The lowest BCUT2D eigenvalue weighted by Gasteiger charge is -2.06. The van der Waals surface area contributed by atoms with Gasteiger partial charge in [-0.25, -0.2) is 18.4 Å². The summed E-state index contributed by atoms with van der Waals surface area (Å²) >= 11 is 0. The lowest BCUT2D eigenvalue weighted by molar-refractivity contribution is 0.251. The minimum atomic E-state index is -3.70. The smallest absolute Gasteiger partial charge is 0.321 e. The summed E-state index contributed by atoms with van der Waals surface area (Å²) in [5.74, 6) is 0.229. The third-order valence-electron chi connectivity index (χ3n) is 2.38. The van der Waals surface area contributed by atoms with E-state index in [1.54, 1.807) is 12.1 Å². The van der Waals surface area contributed by atoms with E-state index >= 15 is 0 Å². The number of nitrogens with one attached hydrogen (secondary N) is 2. The summed E-state index contributed by atoms with van der Waals surface area (Å²) in [5.41, 5.74) is 0.727. The van der Waals surface area contributed by atoms with E-state index in [2.05, 4.69) is 15.8 Å². The van der Waals surface area contributed by atoms with Crippen LogP contribution in [0.25, 0.3) is 0 Å². The fourth-order valence-electron chi connectivity index (χ4n) is 1.42. The van der Waals surface area contributed by atoms with Crippen molar-refractivity contribution in [3.8, 4) is 0 Å². The standard InChI is InChI=1S/C11H12N4O4S/c12-20(17,18)9-3-1-8(2-4-9)7-13-11(16)15-10-5-6-14-19-10/h1-6H,7H2,(H2,12,17,18)(H2,13,15,16). The molecule has 1 aromatic heterocycles. The highest BCUT2D eigenvalue weighted by molar-refractivity contribution is 7.89. The molecule has 0 saturated carbocycles. The molecule has 0 aliphatic heterocycles. The van der Waals surface area contributed by atoms with Gasteiger partial charge in [0.05, 0.1) is 11.1 Å². The molecule has 0 atom stereocenters. The molecular weight excluding hydrogens is 284 g/mol. The van der Waals surface area contributed by atoms with Gasteiger partial charge in [-0.2, -0.15) is 0 Å². The Bertz CT molecular complexity index is 680. The second-order valence-corrected chi connectivity index (χ2v) is 5.43. The van der Waals surface area contributed by atoms with Gasteiger partial charge in [-0.15, -0.1) is 0 Å². The predicted molar refractivity (Wildman–Crippen MR) is 70.2 cm³/mol. The molecule has 106 valence electrons. The molecule has 4 N–H and O–H groups in total. The zero-order chi connectivity index (χ0) is 14.6. The number of nitrogens with zero attached hydrogens (tertiary/aromatic N) is 1. The lowest BCUT2D eigenvalue weighted by atomic mass is 10.2. The number of aromatic nitrogens is 1. The van der Waals surface area contributed by atoms with Crippen molar-refractivity contribution in [2.75, 3.05) is 5.32 Å². The van der Waals surface area contributed by atoms with Crippen molar-refractivity contribution in [1.82, 2.24) is 10.5 Å². The number of rotatable bonds is 4. The van der Waals surface area contributed by atoms with Gasteiger partial charge in [-0.1, -0.05) is 17.3 Å². The van der Waals surface area contributed by atoms with Crippen LogP contribution in [0.3, 0.4) is 0 Å². The summed E-state index contributed by atoms with van der Waals surface area (Å²) in [4.78, 5) is 11.5. The Morgan fingerprint density at radius 3 is 2.50 bits per heavy atom. The van der Waals surface area contributed by atoms with E-state index in [0.717, 1.165) is 5.56 Å². The van der Waals surface area contributed by atoms with Crippen molar-refractivity contribution in [2.45, 2.75) is 11.4 Å². The predicted octanol–water partition coefficient (Wildman–Crippen LogP) is 0.644. The van der Waals surface area contributed by atoms with Crippen LogP contribution >= 0.6 is 0 Å². The van der Waals surface area contributed by atoms with Gasteiger partial charge in [0.15, 0.2) is 0 Å². The Hall–Kier alpha value is -2.39. The maximum absolute atomic E-state index is 11.5. The summed E-state index contributed by atoms with van der Waals surface area (Å²) in [5, 5.41) is 13.4. The SMILES string of the molecule is NS(=O)(=O)c1ccc(CNC(=O)Nc2ccno2)cc1. The van der Waals surface area contributed by atoms with Crippen LogP contribution in [0.2, 0.25) is 0 Å². The third kappa shape index (κ3) is 3.80. The lowest BCUT2D eigenvalue weighted by Crippen LogP contribution is -2.28. The van der Waals surface area contributed by atoms with Gasteiger partial charge in [0.1, 0.15) is 0 Å². The highest BCUT2D eigenvalue weighted by Crippen LogP contribution is 2.08. The average Bonchev–Trinajstić information content (AvgIpc) is 2.88. The molecule has 0 fully saturated rings. The van der Waals surface area contributed by atoms with Gasteiger partial charge in [-0.3, -0.25) is 5.32 Å². The van der Waals surface area contributed by atoms with E-state index in [0.29, 0.717) is 0 Å². The van der Waals surface area contributed by atoms with Crippen molar-refractivity contribution in [2.24, 2.45) is 5.14 Å². The first kappa shape index (κ1) is 14.0. The molecule has 2 amide bonds. The number of hydrogen-bond donors (Lipinski definition) is 3. The van der Waals surface area contributed by atoms with E-state index in [9.17, 15) is 13.2 Å². The number of carbonyl (C=O) groups is 1. The number of nitrogens with two attached hydrogens (primary N) is 1. The molecule has 0 aliphatic rings. The Kier molecular flexibility index (Phi) is 4.01. The number of benzene rings is 1. The van der Waals surface area contributed by atoms with E-state index in [-0.39, 0.29) is 17.3 Å². The van der Waals surface area contributed by atoms with E-state index in [1.807, 2.05) is 0 Å². The molecule has 1 aromatic carbocycles. The summed E-state index contributed by atoms with van der Waals surface area (Å²) in [6.45, 7) is 0.227. The van der Waals surface area contributed by atoms with Crippen LogP contribution < -0.4 is 15.8 Å². The fourth-order valence-corrected chi connectivity index (χ4v) is 1.93. The van der Waals surface area contributed by atoms with Crippen LogP contribution in [0.4, 0.5) is 10.7 Å². The van der Waals surface area contributed by atoms with Crippen LogP contribution in [0.1, 0.15) is 5.56 Å². The van der Waals surface area contributed by atoms with Gasteiger partial charge in [-0.05, 0) is 17.7 Å². The normalized spacial score (nSPS) is 11.1. The Labute approximate surface area is 115 Å². The van der Waals surface area contributed by atoms with E-state index in [1.165, 1.54) is 24.4 Å². The Morgan fingerprint density at radius 2 is 1.95 bits per heavy atom. The number of primary sulfonamides is 1. The number of amides is 2. The van der Waals surface area contributed by atoms with Crippen LogP contribution in [0.15, 0.2) is 45.9 Å².